The van der Waals surface area contributed by atoms with Gasteiger partial charge in [-0.1, -0.05) is 60.2 Å². The molecule has 2 aromatic carbocycles. The third-order valence-electron chi connectivity index (χ3n) is 3.74. The average molecular weight is 278 g/mol. The van der Waals surface area contributed by atoms with Crippen LogP contribution in [0.4, 0.5) is 0 Å². The van der Waals surface area contributed by atoms with E-state index in [1.165, 1.54) is 5.56 Å². The monoisotopic (exact) mass is 278 g/mol. The van der Waals surface area contributed by atoms with Crippen molar-refractivity contribution in [3.05, 3.63) is 71.5 Å². The summed E-state index contributed by atoms with van der Waals surface area (Å²) in [5.41, 5.74) is 5.15. The number of aliphatic hydroxyl groups excluding tert-OH is 1. The Bertz CT molecular complexity index is 737. The Hall–Kier alpha value is -2.32. The second kappa shape index (κ2) is 5.58. The molecule has 1 N–H and O–H groups in total. The van der Waals surface area contributed by atoms with E-state index in [0.29, 0.717) is 0 Å². The van der Waals surface area contributed by atoms with Crippen LogP contribution in [0.5, 0.6) is 0 Å². The maximum Gasteiger partial charge on any atom is 0.142 e. The molecule has 3 aromatic rings. The summed E-state index contributed by atoms with van der Waals surface area (Å²) in [4.78, 5) is 0. The summed E-state index contributed by atoms with van der Waals surface area (Å²) < 4.78 is 5.95. The lowest BCUT2D eigenvalue weighted by Crippen LogP contribution is -1.89. The van der Waals surface area contributed by atoms with Gasteiger partial charge in [0, 0.05) is 16.7 Å². The zero-order valence-corrected chi connectivity index (χ0v) is 12.3. The van der Waals surface area contributed by atoms with E-state index >= 15 is 0 Å². The van der Waals surface area contributed by atoms with Crippen LogP contribution in [-0.2, 0) is 6.61 Å². The molecule has 0 aliphatic heterocycles. The summed E-state index contributed by atoms with van der Waals surface area (Å²) in [6.07, 6.45) is 0. The van der Waals surface area contributed by atoms with Gasteiger partial charge in [0.25, 0.3) is 0 Å². The van der Waals surface area contributed by atoms with E-state index in [2.05, 4.69) is 31.2 Å². The van der Waals surface area contributed by atoms with Gasteiger partial charge in [-0.05, 0) is 19.4 Å². The minimum Gasteiger partial charge on any atom is -0.460 e. The van der Waals surface area contributed by atoms with Crippen molar-refractivity contribution in [2.24, 2.45) is 0 Å². The first-order chi connectivity index (χ1) is 10.2. The Morgan fingerprint density at radius 1 is 0.857 bits per heavy atom. The number of benzene rings is 2. The molecule has 0 unspecified atom stereocenters. The van der Waals surface area contributed by atoms with Crippen LogP contribution in [0.15, 0.2) is 59.0 Å². The lowest BCUT2D eigenvalue weighted by Gasteiger charge is -2.06. The van der Waals surface area contributed by atoms with E-state index in [-0.39, 0.29) is 6.61 Å². The predicted molar refractivity (Wildman–Crippen MR) is 85.0 cm³/mol. The summed E-state index contributed by atoms with van der Waals surface area (Å²) in [6.45, 7) is 3.94. The minimum atomic E-state index is -0.0224. The topological polar surface area (TPSA) is 33.4 Å². The molecule has 0 saturated carbocycles. The Balaban J connectivity index is 2.24. The summed E-state index contributed by atoms with van der Waals surface area (Å²) >= 11 is 0. The average Bonchev–Trinajstić information content (AvgIpc) is 2.85. The van der Waals surface area contributed by atoms with Crippen molar-refractivity contribution < 1.29 is 9.52 Å². The zero-order valence-electron chi connectivity index (χ0n) is 12.3. The molecule has 2 heteroatoms. The van der Waals surface area contributed by atoms with Crippen LogP contribution in [-0.4, -0.2) is 5.11 Å². The number of hydrogen-bond donors (Lipinski definition) is 1. The minimum absolute atomic E-state index is 0.0224. The van der Waals surface area contributed by atoms with Crippen molar-refractivity contribution >= 4 is 0 Å². The van der Waals surface area contributed by atoms with Crippen LogP contribution in [0.1, 0.15) is 16.9 Å². The van der Waals surface area contributed by atoms with Gasteiger partial charge in [0.1, 0.15) is 11.5 Å². The normalized spacial score (nSPS) is 10.8. The quantitative estimate of drug-likeness (QED) is 0.751. The second-order valence-electron chi connectivity index (χ2n) is 5.23. The fraction of sp³-hybridized carbons (Fsp3) is 0.158. The lowest BCUT2D eigenvalue weighted by atomic mass is 9.97. The fourth-order valence-electron chi connectivity index (χ4n) is 2.59. The highest BCUT2D eigenvalue weighted by atomic mass is 16.3. The molecule has 0 fully saturated rings. The number of rotatable bonds is 3. The van der Waals surface area contributed by atoms with Crippen molar-refractivity contribution in [2.45, 2.75) is 20.5 Å². The Morgan fingerprint density at radius 3 is 2.14 bits per heavy atom. The molecule has 2 nitrogen and oxygen atoms in total. The van der Waals surface area contributed by atoms with E-state index in [4.69, 9.17) is 4.42 Å². The molecule has 0 bridgehead atoms. The summed E-state index contributed by atoms with van der Waals surface area (Å²) in [5.74, 6) is 1.59. The van der Waals surface area contributed by atoms with Gasteiger partial charge in [-0.15, -0.1) is 0 Å². The molecule has 0 saturated heterocycles. The number of hydrogen-bond acceptors (Lipinski definition) is 2. The van der Waals surface area contributed by atoms with Crippen LogP contribution >= 0.6 is 0 Å². The molecule has 0 amide bonds. The molecule has 21 heavy (non-hydrogen) atoms. The van der Waals surface area contributed by atoms with Gasteiger partial charge in [-0.3, -0.25) is 0 Å². The summed E-state index contributed by atoms with van der Waals surface area (Å²) in [5, 5.41) is 9.72. The van der Waals surface area contributed by atoms with Crippen molar-refractivity contribution in [1.29, 1.82) is 0 Å². The number of furan rings is 1. The second-order valence-corrected chi connectivity index (χ2v) is 5.23. The standard InChI is InChI=1S/C19H18O2/c1-13-8-10-15(11-9-13)18-17(12-20)14(2)21-19(18)16-6-4-3-5-7-16/h3-11,20H,12H2,1-2H3. The molecule has 0 aliphatic rings. The van der Waals surface area contributed by atoms with Gasteiger partial charge >= 0.3 is 0 Å². The molecule has 0 aliphatic carbocycles. The lowest BCUT2D eigenvalue weighted by molar-refractivity contribution is 0.279. The SMILES string of the molecule is Cc1ccc(-c2c(-c3ccccc3)oc(C)c2CO)cc1. The van der Waals surface area contributed by atoms with Gasteiger partial charge in [0.05, 0.1) is 6.61 Å². The molecule has 1 heterocycles. The van der Waals surface area contributed by atoms with Gasteiger partial charge < -0.3 is 9.52 Å². The van der Waals surface area contributed by atoms with Gasteiger partial charge in [-0.2, -0.15) is 0 Å². The van der Waals surface area contributed by atoms with E-state index in [1.807, 2.05) is 37.3 Å². The first-order valence-electron chi connectivity index (χ1n) is 7.06. The van der Waals surface area contributed by atoms with Crippen molar-refractivity contribution in [3.63, 3.8) is 0 Å². The van der Waals surface area contributed by atoms with E-state index in [1.54, 1.807) is 0 Å². The molecular formula is C19H18O2. The maximum absolute atomic E-state index is 9.72. The van der Waals surface area contributed by atoms with E-state index in [9.17, 15) is 5.11 Å². The zero-order chi connectivity index (χ0) is 14.8. The van der Waals surface area contributed by atoms with Crippen LogP contribution in [0.3, 0.4) is 0 Å². The third kappa shape index (κ3) is 2.50. The van der Waals surface area contributed by atoms with Crippen LogP contribution in [0.2, 0.25) is 0 Å². The smallest absolute Gasteiger partial charge is 0.142 e. The highest BCUT2D eigenvalue weighted by Gasteiger charge is 2.19. The number of aliphatic hydroxyl groups is 1. The summed E-state index contributed by atoms with van der Waals surface area (Å²) in [6, 6.07) is 18.3. The van der Waals surface area contributed by atoms with Crippen molar-refractivity contribution in [3.8, 4) is 22.5 Å². The molecule has 3 rings (SSSR count). The predicted octanol–water partition coefficient (Wildman–Crippen LogP) is 4.72. The Kier molecular flexibility index (Phi) is 3.63. The molecular weight excluding hydrogens is 260 g/mol. The van der Waals surface area contributed by atoms with Gasteiger partial charge in [0.2, 0.25) is 0 Å². The highest BCUT2D eigenvalue weighted by molar-refractivity contribution is 5.83. The Morgan fingerprint density at radius 2 is 1.52 bits per heavy atom. The van der Waals surface area contributed by atoms with Crippen molar-refractivity contribution in [1.82, 2.24) is 0 Å². The number of aryl methyl sites for hydroxylation is 2. The molecule has 0 spiro atoms. The van der Waals surface area contributed by atoms with Crippen LogP contribution < -0.4 is 0 Å². The Labute approximate surface area is 124 Å². The highest BCUT2D eigenvalue weighted by Crippen LogP contribution is 2.39. The largest absolute Gasteiger partial charge is 0.460 e. The third-order valence-corrected chi connectivity index (χ3v) is 3.74. The first-order valence-corrected chi connectivity index (χ1v) is 7.06. The molecule has 0 radical (unpaired) electrons. The molecule has 106 valence electrons. The summed E-state index contributed by atoms with van der Waals surface area (Å²) in [7, 11) is 0. The van der Waals surface area contributed by atoms with E-state index < -0.39 is 0 Å². The molecule has 1 aromatic heterocycles. The van der Waals surface area contributed by atoms with Gasteiger partial charge in [-0.25, -0.2) is 0 Å². The fourth-order valence-corrected chi connectivity index (χ4v) is 2.59. The van der Waals surface area contributed by atoms with E-state index in [0.717, 1.165) is 33.8 Å². The maximum atomic E-state index is 9.72. The first kappa shape index (κ1) is 13.7. The van der Waals surface area contributed by atoms with Crippen LogP contribution in [0, 0.1) is 13.8 Å². The molecule has 0 atom stereocenters. The van der Waals surface area contributed by atoms with Crippen molar-refractivity contribution in [2.75, 3.05) is 0 Å². The van der Waals surface area contributed by atoms with Gasteiger partial charge in [0.15, 0.2) is 0 Å². The van der Waals surface area contributed by atoms with Crippen LogP contribution in [0.25, 0.3) is 22.5 Å².